The van der Waals surface area contributed by atoms with E-state index >= 15 is 0 Å². The molecular formula is C23H44N4O11. The van der Waals surface area contributed by atoms with Gasteiger partial charge in [-0.05, 0) is 12.5 Å². The van der Waals surface area contributed by atoms with E-state index in [-0.39, 0.29) is 20.5 Å². The summed E-state index contributed by atoms with van der Waals surface area (Å²) in [5, 5.41) is 31.6. The van der Waals surface area contributed by atoms with Crippen molar-refractivity contribution in [1.82, 2.24) is 5.32 Å². The van der Waals surface area contributed by atoms with Gasteiger partial charge in [-0.25, -0.2) is 14.6 Å². The van der Waals surface area contributed by atoms with Gasteiger partial charge in [0.2, 0.25) is 5.76 Å². The summed E-state index contributed by atoms with van der Waals surface area (Å²) in [6.45, 7) is 6.42. The minimum atomic E-state index is -1.57. The van der Waals surface area contributed by atoms with E-state index in [4.69, 9.17) is 39.9 Å². The first-order valence-corrected chi connectivity index (χ1v) is 12.5. The molecule has 1 rings (SSSR count). The molecule has 0 aromatic heterocycles. The molecule has 0 fully saturated rings. The molecule has 0 aromatic rings. The van der Waals surface area contributed by atoms with Gasteiger partial charge in [0.05, 0.1) is 58.9 Å². The van der Waals surface area contributed by atoms with E-state index in [1.807, 2.05) is 6.92 Å². The lowest BCUT2D eigenvalue weighted by Crippen LogP contribution is -2.52. The number of hydrogen-bond acceptors (Lipinski definition) is 11. The molecule has 0 aliphatic carbocycles. The van der Waals surface area contributed by atoms with E-state index in [1.54, 1.807) is 6.92 Å². The Morgan fingerprint density at radius 2 is 1.63 bits per heavy atom. The van der Waals surface area contributed by atoms with Gasteiger partial charge in [0.25, 0.3) is 0 Å². The van der Waals surface area contributed by atoms with Crippen LogP contribution in [-0.4, -0.2) is 124 Å². The van der Waals surface area contributed by atoms with Gasteiger partial charge in [-0.2, -0.15) is 0 Å². The maximum absolute atomic E-state index is 12.3. The van der Waals surface area contributed by atoms with Crippen molar-refractivity contribution >= 4 is 18.0 Å². The number of nitrogens with one attached hydrogen (secondary N) is 1. The number of carboxylic acid groups (broad SMARTS) is 1. The van der Waals surface area contributed by atoms with E-state index in [0.717, 1.165) is 13.0 Å². The fourth-order valence-corrected chi connectivity index (χ4v) is 3.37. The van der Waals surface area contributed by atoms with Gasteiger partial charge in [-0.3, -0.25) is 0 Å². The van der Waals surface area contributed by atoms with Crippen LogP contribution in [0.15, 0.2) is 16.8 Å². The van der Waals surface area contributed by atoms with Gasteiger partial charge >= 0.3 is 12.1 Å². The number of aliphatic hydroxyl groups is 2. The van der Waals surface area contributed by atoms with Crippen LogP contribution < -0.4 is 16.8 Å². The van der Waals surface area contributed by atoms with Gasteiger partial charge in [0, 0.05) is 20.5 Å². The van der Waals surface area contributed by atoms with Crippen LogP contribution in [0.1, 0.15) is 21.7 Å². The van der Waals surface area contributed by atoms with Crippen LogP contribution in [0.4, 0.5) is 4.79 Å². The number of alkyl carbamates (subject to hydrolysis) is 1. The van der Waals surface area contributed by atoms with Crippen molar-refractivity contribution in [3.8, 4) is 0 Å². The molecule has 0 aromatic carbocycles. The zero-order valence-electron chi connectivity index (χ0n) is 22.0. The number of guanidine groups is 1. The molecule has 38 heavy (non-hydrogen) atoms. The van der Waals surface area contributed by atoms with Crippen molar-refractivity contribution in [2.75, 3.05) is 66.0 Å². The quantitative estimate of drug-likeness (QED) is 0.0591. The second-order valence-corrected chi connectivity index (χ2v) is 8.32. The zero-order chi connectivity index (χ0) is 28.3. The minimum absolute atomic E-state index is 0. The van der Waals surface area contributed by atoms with E-state index in [1.165, 1.54) is 6.08 Å². The predicted octanol–water partition coefficient (Wildman–Crippen LogP) is -1.20. The molecule has 15 heteroatoms. The smallest absolute Gasteiger partial charge is 0.407 e. The topological polar surface area (TPSA) is 227 Å². The molecule has 0 unspecified atom stereocenters. The van der Waals surface area contributed by atoms with Gasteiger partial charge in [0.1, 0.15) is 12.2 Å². The maximum atomic E-state index is 12.3. The van der Waals surface area contributed by atoms with E-state index in [2.05, 4.69) is 10.3 Å². The van der Waals surface area contributed by atoms with Crippen molar-refractivity contribution in [3.63, 3.8) is 0 Å². The van der Waals surface area contributed by atoms with Crippen LogP contribution >= 0.6 is 0 Å². The average molecular weight is 555 g/mol. The summed E-state index contributed by atoms with van der Waals surface area (Å²) in [4.78, 5) is 27.8. The Labute approximate surface area is 223 Å². The molecule has 0 bridgehead atoms. The maximum Gasteiger partial charge on any atom is 0.407 e. The van der Waals surface area contributed by atoms with Crippen LogP contribution in [0.25, 0.3) is 0 Å². The summed E-state index contributed by atoms with van der Waals surface area (Å²) in [5.41, 5.74) is 10.9. The van der Waals surface area contributed by atoms with Crippen LogP contribution in [0, 0.1) is 5.92 Å². The predicted molar refractivity (Wildman–Crippen MR) is 136 cm³/mol. The van der Waals surface area contributed by atoms with Crippen molar-refractivity contribution in [1.29, 1.82) is 0 Å². The Bertz CT molecular complexity index is 756. The van der Waals surface area contributed by atoms with Crippen molar-refractivity contribution in [2.24, 2.45) is 22.4 Å². The van der Waals surface area contributed by atoms with Crippen LogP contribution in [0.5, 0.6) is 0 Å². The number of amides is 1. The Hall–Kier alpha value is -2.69. The molecule has 0 saturated heterocycles. The van der Waals surface area contributed by atoms with Gasteiger partial charge in [-0.1, -0.05) is 13.8 Å². The normalized spacial score (nSPS) is 20.5. The molecule has 1 aliphatic rings. The number of ether oxygens (including phenoxy) is 6. The van der Waals surface area contributed by atoms with E-state index in [9.17, 15) is 24.9 Å². The molecule has 1 amide bonds. The first kappa shape index (κ1) is 33.3. The summed E-state index contributed by atoms with van der Waals surface area (Å²) in [5.74, 6) is -2.79. The van der Waals surface area contributed by atoms with Crippen molar-refractivity contribution in [2.45, 2.75) is 44.6 Å². The third kappa shape index (κ3) is 13.2. The second kappa shape index (κ2) is 19.4. The van der Waals surface area contributed by atoms with E-state index in [0.29, 0.717) is 39.6 Å². The third-order valence-electron chi connectivity index (χ3n) is 5.26. The minimum Gasteiger partial charge on any atom is -0.479 e. The number of hydrogen-bond donors (Lipinski definition) is 6. The van der Waals surface area contributed by atoms with Gasteiger partial charge in [0.15, 0.2) is 12.1 Å². The largest absolute Gasteiger partial charge is 0.479 e. The molecule has 0 saturated carbocycles. The number of aliphatic carboxylic acids is 1. The lowest BCUT2D eigenvalue weighted by molar-refractivity contribution is -0.147. The number of carboxylic acids is 1. The standard InChI is InChI=1S/C23H42N4O11.H2/c1-3-5-33-7-9-35-11-12-36-10-8-34-6-4-26-23(32)38-20(17(29)14-28)19-15(2)16(27-22(24)25)13-18(37-19)21(30)31;/h13,15-17,19-20,28-29H,3-12,14H2,1-2H3,(H,26,32)(H,30,31)(H4,24,25,27);1H/t15-,16+,17-,19-,20-;/m1./s1/i;1+2. The molecule has 8 N–H and O–H groups in total. The van der Waals surface area contributed by atoms with Gasteiger partial charge in [-0.15, -0.1) is 0 Å². The molecule has 0 radical (unpaired) electrons. The number of aliphatic hydroxyl groups excluding tert-OH is 2. The summed E-state index contributed by atoms with van der Waals surface area (Å²) in [6.07, 6.45) is -2.91. The number of nitrogens with zero attached hydrogens (tertiary/aromatic N) is 1. The molecule has 222 valence electrons. The highest BCUT2D eigenvalue weighted by atomic mass is 16.6. The first-order chi connectivity index (χ1) is 18.2. The average Bonchev–Trinajstić information content (AvgIpc) is 2.88. The fraction of sp³-hybridized carbons (Fsp3) is 0.783. The number of carbonyl (C=O) groups excluding carboxylic acids is 1. The van der Waals surface area contributed by atoms with Crippen molar-refractivity contribution < 1.29 is 54.8 Å². The van der Waals surface area contributed by atoms with Crippen LogP contribution in [0.2, 0.25) is 0 Å². The van der Waals surface area contributed by atoms with Crippen LogP contribution in [0.3, 0.4) is 0 Å². The van der Waals surface area contributed by atoms with Gasteiger partial charge < -0.3 is 60.5 Å². The highest BCUT2D eigenvalue weighted by molar-refractivity contribution is 5.85. The Balaban J connectivity index is 0.0000144. The summed E-state index contributed by atoms with van der Waals surface area (Å²) >= 11 is 0. The third-order valence-corrected chi connectivity index (χ3v) is 5.26. The molecule has 0 spiro atoms. The SMILES string of the molecule is CCCOCCOCCOCCOCCNC(=O)O[C@@H]([C@@H]1OC(C(=O)O)=C[C@H](N=C(N)N)[C@H]1C)[C@H](O)CO.[3HH]. The lowest BCUT2D eigenvalue weighted by Gasteiger charge is -2.38. The molecule has 1 aliphatic heterocycles. The molecule has 1 heterocycles. The molecule has 5 atom stereocenters. The number of aliphatic imine (C=N–C) groups is 1. The molecular weight excluding hydrogens is 508 g/mol. The van der Waals surface area contributed by atoms with Crippen molar-refractivity contribution in [3.05, 3.63) is 11.8 Å². The zero-order valence-corrected chi connectivity index (χ0v) is 22.0. The van der Waals surface area contributed by atoms with Crippen LogP contribution in [-0.2, 0) is 33.2 Å². The lowest BCUT2D eigenvalue weighted by atomic mass is 9.87. The highest BCUT2D eigenvalue weighted by Gasteiger charge is 2.43. The summed E-state index contributed by atoms with van der Waals surface area (Å²) in [7, 11) is 0. The summed E-state index contributed by atoms with van der Waals surface area (Å²) < 4.78 is 32.2. The summed E-state index contributed by atoms with van der Waals surface area (Å²) in [6, 6.07) is -0.827. The number of nitrogens with two attached hydrogens (primary N) is 2. The first-order valence-electron chi connectivity index (χ1n) is 12.5. The Kier molecular flexibility index (Phi) is 17.0. The Morgan fingerprint density at radius 1 is 1.08 bits per heavy atom. The number of rotatable bonds is 20. The number of carbonyl (C=O) groups is 2. The Morgan fingerprint density at radius 3 is 2.13 bits per heavy atom. The fourth-order valence-electron chi connectivity index (χ4n) is 3.37. The monoisotopic (exact) mass is 554 g/mol. The van der Waals surface area contributed by atoms with E-state index < -0.39 is 54.7 Å². The second-order valence-electron chi connectivity index (χ2n) is 8.32. The highest BCUT2D eigenvalue weighted by Crippen LogP contribution is 2.30. The molecule has 15 nitrogen and oxygen atoms in total.